The second-order valence-electron chi connectivity index (χ2n) is 6.00. The monoisotopic (exact) mass is 309 g/mol. The lowest BCUT2D eigenvalue weighted by Gasteiger charge is -2.23. The van der Waals surface area contributed by atoms with Gasteiger partial charge in [0.25, 0.3) is 0 Å². The van der Waals surface area contributed by atoms with Crippen LogP contribution in [0.4, 0.5) is 0 Å². The molecule has 0 aliphatic carbocycles. The highest BCUT2D eigenvalue weighted by Gasteiger charge is 2.20. The van der Waals surface area contributed by atoms with E-state index in [0.717, 1.165) is 37.5 Å². The van der Waals surface area contributed by atoms with Crippen molar-refractivity contribution in [2.45, 2.75) is 58.7 Å². The quantitative estimate of drug-likeness (QED) is 0.680. The summed E-state index contributed by atoms with van der Waals surface area (Å²) in [5, 5.41) is 10.6. The summed E-state index contributed by atoms with van der Waals surface area (Å²) in [6.45, 7) is 8.39. The van der Waals surface area contributed by atoms with Crippen LogP contribution in [0.2, 0.25) is 0 Å². The maximum atomic E-state index is 11.8. The summed E-state index contributed by atoms with van der Waals surface area (Å²) in [6, 6.07) is 0.281. The molecule has 0 aromatic carbocycles. The summed E-state index contributed by atoms with van der Waals surface area (Å²) < 4.78 is 7.37. The molecule has 0 fully saturated rings. The van der Waals surface area contributed by atoms with Gasteiger partial charge in [0.15, 0.2) is 0 Å². The Balaban J connectivity index is 1.59. The number of aryl methyl sites for hydroxylation is 2. The standard InChI is InChI=1S/C15H27N5O2/c1-11(2)22-8-4-7-16-15(21)9-17-13-5-6-14-18-12(3)19-20(14)10-13/h11,13,17H,4-10H2,1-3H3,(H,16,21)/t13-/m0/s1. The molecule has 1 amide bonds. The van der Waals surface area contributed by atoms with Crippen LogP contribution in [-0.4, -0.2) is 52.5 Å². The Morgan fingerprint density at radius 3 is 3.09 bits per heavy atom. The molecule has 7 heteroatoms. The average molecular weight is 309 g/mol. The van der Waals surface area contributed by atoms with Crippen molar-refractivity contribution in [2.75, 3.05) is 19.7 Å². The van der Waals surface area contributed by atoms with Gasteiger partial charge in [0, 0.05) is 25.6 Å². The molecule has 2 rings (SSSR count). The molecule has 0 bridgehead atoms. The summed E-state index contributed by atoms with van der Waals surface area (Å²) in [7, 11) is 0. The first-order valence-electron chi connectivity index (χ1n) is 8.06. The van der Waals surface area contributed by atoms with Gasteiger partial charge in [-0.25, -0.2) is 9.67 Å². The lowest BCUT2D eigenvalue weighted by molar-refractivity contribution is -0.120. The first-order chi connectivity index (χ1) is 10.5. The molecule has 2 heterocycles. The molecule has 1 aliphatic heterocycles. The van der Waals surface area contributed by atoms with Gasteiger partial charge >= 0.3 is 0 Å². The minimum absolute atomic E-state index is 0.0325. The second kappa shape index (κ2) is 8.24. The molecule has 0 radical (unpaired) electrons. The maximum absolute atomic E-state index is 11.8. The van der Waals surface area contributed by atoms with E-state index in [4.69, 9.17) is 4.74 Å². The molecule has 1 aliphatic rings. The fourth-order valence-electron chi connectivity index (χ4n) is 2.52. The van der Waals surface area contributed by atoms with Gasteiger partial charge < -0.3 is 15.4 Å². The van der Waals surface area contributed by atoms with Crippen molar-refractivity contribution >= 4 is 5.91 Å². The number of carbonyl (C=O) groups excluding carboxylic acids is 1. The summed E-state index contributed by atoms with van der Waals surface area (Å²) in [5.41, 5.74) is 0. The Hall–Kier alpha value is -1.47. The molecule has 22 heavy (non-hydrogen) atoms. The van der Waals surface area contributed by atoms with Gasteiger partial charge in [0.2, 0.25) is 5.91 Å². The van der Waals surface area contributed by atoms with E-state index in [1.165, 1.54) is 0 Å². The van der Waals surface area contributed by atoms with Crippen LogP contribution in [-0.2, 0) is 22.5 Å². The van der Waals surface area contributed by atoms with Gasteiger partial charge in [-0.1, -0.05) is 0 Å². The van der Waals surface area contributed by atoms with Crippen molar-refractivity contribution in [1.29, 1.82) is 0 Å². The zero-order valence-electron chi connectivity index (χ0n) is 13.8. The van der Waals surface area contributed by atoms with Crippen molar-refractivity contribution in [3.8, 4) is 0 Å². The van der Waals surface area contributed by atoms with Crippen LogP contribution in [0.5, 0.6) is 0 Å². The lowest BCUT2D eigenvalue weighted by Crippen LogP contribution is -2.43. The molecule has 0 unspecified atom stereocenters. The zero-order chi connectivity index (χ0) is 15.9. The highest BCUT2D eigenvalue weighted by molar-refractivity contribution is 5.77. The normalized spacial score (nSPS) is 17.5. The Morgan fingerprint density at radius 1 is 1.50 bits per heavy atom. The van der Waals surface area contributed by atoms with Crippen LogP contribution in [0, 0.1) is 6.92 Å². The molecule has 0 saturated carbocycles. The van der Waals surface area contributed by atoms with Crippen molar-refractivity contribution in [3.63, 3.8) is 0 Å². The highest BCUT2D eigenvalue weighted by atomic mass is 16.5. The maximum Gasteiger partial charge on any atom is 0.233 e. The molecule has 0 saturated heterocycles. The third-order valence-corrected chi connectivity index (χ3v) is 3.61. The minimum Gasteiger partial charge on any atom is -0.379 e. The number of hydrogen-bond donors (Lipinski definition) is 2. The number of hydrogen-bond acceptors (Lipinski definition) is 5. The van der Waals surface area contributed by atoms with Crippen molar-refractivity contribution in [3.05, 3.63) is 11.6 Å². The highest BCUT2D eigenvalue weighted by Crippen LogP contribution is 2.12. The molecular formula is C15H27N5O2. The van der Waals surface area contributed by atoms with Crippen molar-refractivity contribution in [1.82, 2.24) is 25.4 Å². The van der Waals surface area contributed by atoms with Gasteiger partial charge in [-0.2, -0.15) is 5.10 Å². The minimum atomic E-state index is 0.0325. The molecule has 124 valence electrons. The third-order valence-electron chi connectivity index (χ3n) is 3.61. The fraction of sp³-hybridized carbons (Fsp3) is 0.800. The summed E-state index contributed by atoms with van der Waals surface area (Å²) in [4.78, 5) is 16.2. The van der Waals surface area contributed by atoms with Crippen LogP contribution in [0.1, 0.15) is 38.3 Å². The Bertz CT molecular complexity index is 486. The Kier molecular flexibility index (Phi) is 6.33. The fourth-order valence-corrected chi connectivity index (χ4v) is 2.52. The number of nitrogens with zero attached hydrogens (tertiary/aromatic N) is 3. The van der Waals surface area contributed by atoms with Crippen molar-refractivity contribution in [2.24, 2.45) is 0 Å². The van der Waals surface area contributed by atoms with Gasteiger partial charge in [0.1, 0.15) is 11.6 Å². The summed E-state index contributed by atoms with van der Waals surface area (Å²) in [6.07, 6.45) is 2.99. The van der Waals surface area contributed by atoms with Crippen LogP contribution < -0.4 is 10.6 Å². The molecule has 1 aromatic rings. The molecular weight excluding hydrogens is 282 g/mol. The van der Waals surface area contributed by atoms with E-state index in [0.29, 0.717) is 19.7 Å². The zero-order valence-corrected chi connectivity index (χ0v) is 13.8. The van der Waals surface area contributed by atoms with Crippen molar-refractivity contribution < 1.29 is 9.53 Å². The number of ether oxygens (including phenoxy) is 1. The lowest BCUT2D eigenvalue weighted by atomic mass is 10.1. The molecule has 1 aromatic heterocycles. The number of rotatable bonds is 8. The van der Waals surface area contributed by atoms with Crippen LogP contribution in [0.15, 0.2) is 0 Å². The number of amides is 1. The molecule has 7 nitrogen and oxygen atoms in total. The van der Waals surface area contributed by atoms with Gasteiger partial charge in [-0.15, -0.1) is 0 Å². The SMILES string of the molecule is Cc1nc2n(n1)C[C@@H](NCC(=O)NCCCOC(C)C)CC2. The largest absolute Gasteiger partial charge is 0.379 e. The van der Waals surface area contributed by atoms with E-state index in [2.05, 4.69) is 20.7 Å². The van der Waals surface area contributed by atoms with E-state index in [9.17, 15) is 4.79 Å². The topological polar surface area (TPSA) is 81.1 Å². The second-order valence-corrected chi connectivity index (χ2v) is 6.00. The third kappa shape index (κ3) is 5.38. The summed E-state index contributed by atoms with van der Waals surface area (Å²) in [5.74, 6) is 1.90. The van der Waals surface area contributed by atoms with Gasteiger partial charge in [-0.05, 0) is 33.6 Å². The Morgan fingerprint density at radius 2 is 2.32 bits per heavy atom. The predicted molar refractivity (Wildman–Crippen MR) is 83.6 cm³/mol. The van der Waals surface area contributed by atoms with E-state index < -0.39 is 0 Å². The molecule has 1 atom stereocenters. The Labute approximate surface area is 131 Å². The molecule has 2 N–H and O–H groups in total. The first-order valence-corrected chi connectivity index (χ1v) is 8.06. The van der Waals surface area contributed by atoms with E-state index in [1.807, 2.05) is 25.5 Å². The van der Waals surface area contributed by atoms with E-state index in [-0.39, 0.29) is 18.1 Å². The number of nitrogens with one attached hydrogen (secondary N) is 2. The van der Waals surface area contributed by atoms with Gasteiger partial charge in [0.05, 0.1) is 19.2 Å². The van der Waals surface area contributed by atoms with Crippen LogP contribution >= 0.6 is 0 Å². The van der Waals surface area contributed by atoms with Crippen LogP contribution in [0.3, 0.4) is 0 Å². The van der Waals surface area contributed by atoms with E-state index >= 15 is 0 Å². The number of carbonyl (C=O) groups is 1. The van der Waals surface area contributed by atoms with Crippen LogP contribution in [0.25, 0.3) is 0 Å². The predicted octanol–water partition coefficient (Wildman–Crippen LogP) is 0.422. The average Bonchev–Trinajstić information content (AvgIpc) is 2.83. The van der Waals surface area contributed by atoms with E-state index in [1.54, 1.807) is 0 Å². The smallest absolute Gasteiger partial charge is 0.233 e. The molecule has 0 spiro atoms. The van der Waals surface area contributed by atoms with Gasteiger partial charge in [-0.3, -0.25) is 4.79 Å². The first kappa shape index (κ1) is 16.9. The summed E-state index contributed by atoms with van der Waals surface area (Å²) >= 11 is 0. The number of fused-ring (bicyclic) bond motifs is 1. The number of aromatic nitrogens is 3.